The Kier molecular flexibility index (Phi) is 3.96. The van der Waals surface area contributed by atoms with Crippen LogP contribution in [-0.2, 0) is 6.54 Å². The van der Waals surface area contributed by atoms with E-state index in [0.717, 1.165) is 29.4 Å². The van der Waals surface area contributed by atoms with E-state index in [1.807, 2.05) is 42.0 Å². The van der Waals surface area contributed by atoms with Crippen LogP contribution in [0.2, 0.25) is 0 Å². The van der Waals surface area contributed by atoms with E-state index >= 15 is 0 Å². The fraction of sp³-hybridized carbons (Fsp3) is 0.294. The van der Waals surface area contributed by atoms with Crippen LogP contribution in [0, 0.1) is 0 Å². The summed E-state index contributed by atoms with van der Waals surface area (Å²) in [5.41, 5.74) is 4.18. The Labute approximate surface area is 130 Å². The van der Waals surface area contributed by atoms with Gasteiger partial charge in [0, 0.05) is 19.7 Å². The van der Waals surface area contributed by atoms with Crippen LogP contribution in [0.4, 0.5) is 11.5 Å². The van der Waals surface area contributed by atoms with Crippen molar-refractivity contribution in [1.82, 2.24) is 14.6 Å². The van der Waals surface area contributed by atoms with Gasteiger partial charge in [-0.2, -0.15) is 0 Å². The second-order valence-electron chi connectivity index (χ2n) is 5.61. The van der Waals surface area contributed by atoms with Gasteiger partial charge in [0.05, 0.1) is 17.6 Å². The SMILES string of the molecule is CNc1cc(NCc2ccccc2)c2ncc(C(C)C)n2n1. The number of hydrogen-bond donors (Lipinski definition) is 2. The third-order valence-corrected chi connectivity index (χ3v) is 3.67. The molecule has 1 aromatic carbocycles. The molecule has 0 spiro atoms. The smallest absolute Gasteiger partial charge is 0.177 e. The van der Waals surface area contributed by atoms with Gasteiger partial charge in [-0.1, -0.05) is 44.2 Å². The van der Waals surface area contributed by atoms with Crippen LogP contribution < -0.4 is 10.6 Å². The van der Waals surface area contributed by atoms with Gasteiger partial charge in [0.15, 0.2) is 5.65 Å². The van der Waals surface area contributed by atoms with Gasteiger partial charge < -0.3 is 10.6 Å². The quantitative estimate of drug-likeness (QED) is 0.756. The van der Waals surface area contributed by atoms with Crippen molar-refractivity contribution in [3.63, 3.8) is 0 Å². The lowest BCUT2D eigenvalue weighted by atomic mass is 10.1. The highest BCUT2D eigenvalue weighted by molar-refractivity contribution is 5.70. The van der Waals surface area contributed by atoms with E-state index in [4.69, 9.17) is 0 Å². The molecule has 0 atom stereocenters. The summed E-state index contributed by atoms with van der Waals surface area (Å²) in [6.07, 6.45) is 1.90. The van der Waals surface area contributed by atoms with Crippen LogP contribution >= 0.6 is 0 Å². The predicted octanol–water partition coefficient (Wildman–Crippen LogP) is 3.51. The highest BCUT2D eigenvalue weighted by Crippen LogP contribution is 2.23. The zero-order valence-corrected chi connectivity index (χ0v) is 13.2. The first-order valence-corrected chi connectivity index (χ1v) is 7.53. The van der Waals surface area contributed by atoms with Crippen molar-refractivity contribution in [2.24, 2.45) is 0 Å². The number of imidazole rings is 1. The molecule has 5 nitrogen and oxygen atoms in total. The van der Waals surface area contributed by atoms with E-state index in [2.05, 4.69) is 46.7 Å². The predicted molar refractivity (Wildman–Crippen MR) is 90.4 cm³/mol. The van der Waals surface area contributed by atoms with Crippen molar-refractivity contribution >= 4 is 17.2 Å². The van der Waals surface area contributed by atoms with Crippen LogP contribution in [0.3, 0.4) is 0 Å². The Bertz CT molecular complexity index is 761. The maximum Gasteiger partial charge on any atom is 0.177 e. The summed E-state index contributed by atoms with van der Waals surface area (Å²) in [7, 11) is 1.88. The van der Waals surface area contributed by atoms with Gasteiger partial charge in [-0.25, -0.2) is 9.50 Å². The van der Waals surface area contributed by atoms with Crippen LogP contribution in [0.15, 0.2) is 42.6 Å². The molecule has 5 heteroatoms. The first-order chi connectivity index (χ1) is 10.7. The molecule has 0 aliphatic rings. The maximum atomic E-state index is 4.59. The number of anilines is 2. The monoisotopic (exact) mass is 295 g/mol. The Morgan fingerprint density at radius 1 is 1.18 bits per heavy atom. The molecule has 22 heavy (non-hydrogen) atoms. The first-order valence-electron chi connectivity index (χ1n) is 7.53. The molecule has 0 saturated heterocycles. The molecule has 0 amide bonds. The molecule has 0 aliphatic heterocycles. The number of nitrogens with zero attached hydrogens (tertiary/aromatic N) is 3. The van der Waals surface area contributed by atoms with Crippen molar-refractivity contribution in [1.29, 1.82) is 0 Å². The Balaban J connectivity index is 1.97. The third kappa shape index (κ3) is 2.74. The van der Waals surface area contributed by atoms with Crippen molar-refractivity contribution in [2.75, 3.05) is 17.7 Å². The minimum absolute atomic E-state index is 0.372. The van der Waals surface area contributed by atoms with E-state index in [1.54, 1.807) is 0 Å². The van der Waals surface area contributed by atoms with Crippen molar-refractivity contribution in [2.45, 2.75) is 26.3 Å². The Morgan fingerprint density at radius 3 is 2.64 bits per heavy atom. The zero-order chi connectivity index (χ0) is 15.5. The average Bonchev–Trinajstić information content (AvgIpc) is 2.97. The summed E-state index contributed by atoms with van der Waals surface area (Å²) in [5.74, 6) is 1.19. The lowest BCUT2D eigenvalue weighted by Crippen LogP contribution is -2.07. The van der Waals surface area contributed by atoms with Gasteiger partial charge in [-0.3, -0.25) is 0 Å². The topological polar surface area (TPSA) is 54.2 Å². The number of nitrogens with one attached hydrogen (secondary N) is 2. The molecule has 0 fully saturated rings. The summed E-state index contributed by atoms with van der Waals surface area (Å²) < 4.78 is 1.92. The third-order valence-electron chi connectivity index (χ3n) is 3.67. The number of fused-ring (bicyclic) bond motifs is 1. The number of rotatable bonds is 5. The van der Waals surface area contributed by atoms with Crippen LogP contribution in [-0.4, -0.2) is 21.6 Å². The lowest BCUT2D eigenvalue weighted by Gasteiger charge is -2.11. The lowest BCUT2D eigenvalue weighted by molar-refractivity contribution is 0.761. The van der Waals surface area contributed by atoms with Crippen molar-refractivity contribution < 1.29 is 0 Å². The van der Waals surface area contributed by atoms with Gasteiger partial charge >= 0.3 is 0 Å². The van der Waals surface area contributed by atoms with Gasteiger partial charge in [-0.15, -0.1) is 5.10 Å². The highest BCUT2D eigenvalue weighted by Gasteiger charge is 2.13. The molecule has 3 rings (SSSR count). The second kappa shape index (κ2) is 6.05. The van der Waals surface area contributed by atoms with E-state index in [9.17, 15) is 0 Å². The van der Waals surface area contributed by atoms with Gasteiger partial charge in [0.2, 0.25) is 0 Å². The van der Waals surface area contributed by atoms with Crippen molar-refractivity contribution in [3.05, 3.63) is 53.9 Å². The zero-order valence-electron chi connectivity index (χ0n) is 13.2. The van der Waals surface area contributed by atoms with Gasteiger partial charge in [-0.05, 0) is 11.5 Å². The summed E-state index contributed by atoms with van der Waals surface area (Å²) in [5, 5.41) is 11.2. The minimum Gasteiger partial charge on any atom is -0.378 e. The van der Waals surface area contributed by atoms with Gasteiger partial charge in [0.1, 0.15) is 5.82 Å². The molecule has 2 N–H and O–H groups in total. The molecular weight excluding hydrogens is 274 g/mol. The maximum absolute atomic E-state index is 4.59. The summed E-state index contributed by atoms with van der Waals surface area (Å²) >= 11 is 0. The van der Waals surface area contributed by atoms with E-state index < -0.39 is 0 Å². The second-order valence-corrected chi connectivity index (χ2v) is 5.61. The molecule has 0 saturated carbocycles. The minimum atomic E-state index is 0.372. The standard InChI is InChI=1S/C17H21N5/c1-12(2)15-11-20-17-14(9-16(18-3)21-22(15)17)19-10-13-7-5-4-6-8-13/h4-9,11-12,19H,10H2,1-3H3,(H,18,21). The highest BCUT2D eigenvalue weighted by atomic mass is 15.3. The van der Waals surface area contributed by atoms with Crippen LogP contribution in [0.5, 0.6) is 0 Å². The molecular formula is C17H21N5. The van der Waals surface area contributed by atoms with Gasteiger partial charge in [0.25, 0.3) is 0 Å². The molecule has 0 unspecified atom stereocenters. The normalized spacial score (nSPS) is 11.1. The fourth-order valence-corrected chi connectivity index (χ4v) is 2.42. The number of hydrogen-bond acceptors (Lipinski definition) is 4. The molecule has 0 aliphatic carbocycles. The van der Waals surface area contributed by atoms with E-state index in [-0.39, 0.29) is 0 Å². The summed E-state index contributed by atoms with van der Waals surface area (Å²) in [4.78, 5) is 4.54. The number of aromatic nitrogens is 3. The van der Waals surface area contributed by atoms with E-state index in [1.165, 1.54) is 5.56 Å². The summed E-state index contributed by atoms with van der Waals surface area (Å²) in [6, 6.07) is 12.3. The fourth-order valence-electron chi connectivity index (χ4n) is 2.42. The molecule has 3 aromatic rings. The van der Waals surface area contributed by atoms with E-state index in [0.29, 0.717) is 5.92 Å². The summed E-state index contributed by atoms with van der Waals surface area (Å²) in [6.45, 7) is 5.05. The largest absolute Gasteiger partial charge is 0.378 e. The molecule has 0 radical (unpaired) electrons. The van der Waals surface area contributed by atoms with Crippen LogP contribution in [0.25, 0.3) is 5.65 Å². The molecule has 0 bridgehead atoms. The Hall–Kier alpha value is -2.56. The molecule has 114 valence electrons. The molecule has 2 aromatic heterocycles. The first kappa shape index (κ1) is 14.4. The number of benzene rings is 1. The Morgan fingerprint density at radius 2 is 1.95 bits per heavy atom. The van der Waals surface area contributed by atoms with Crippen molar-refractivity contribution in [3.8, 4) is 0 Å². The van der Waals surface area contributed by atoms with Crippen LogP contribution in [0.1, 0.15) is 31.0 Å². The molecule has 2 heterocycles. The average molecular weight is 295 g/mol.